The zero-order valence-electron chi connectivity index (χ0n) is 14.3. The molecule has 0 aromatic heterocycles. The number of hydrogen-bond donors (Lipinski definition) is 3. The average molecular weight is 323 g/mol. The predicted molar refractivity (Wildman–Crippen MR) is 90.2 cm³/mol. The lowest BCUT2D eigenvalue weighted by molar-refractivity contribution is 0.0513. The summed E-state index contributed by atoms with van der Waals surface area (Å²) in [5, 5.41) is 21.4. The summed E-state index contributed by atoms with van der Waals surface area (Å²) in [4.78, 5) is 11.8. The van der Waals surface area contributed by atoms with Crippen LogP contribution in [-0.2, 0) is 11.2 Å². The highest BCUT2D eigenvalue weighted by molar-refractivity contribution is 5.67. The van der Waals surface area contributed by atoms with Crippen LogP contribution in [0.4, 0.5) is 4.79 Å². The average Bonchev–Trinajstić information content (AvgIpc) is 2.49. The number of carbonyl (C=O) groups is 1. The second-order valence-corrected chi connectivity index (χ2v) is 6.91. The quantitative estimate of drug-likeness (QED) is 0.686. The van der Waals surface area contributed by atoms with E-state index in [0.29, 0.717) is 13.0 Å². The van der Waals surface area contributed by atoms with Gasteiger partial charge in [-0.15, -0.1) is 0 Å². The number of aliphatic hydroxyl groups excluding tert-OH is 2. The first kappa shape index (κ1) is 19.5. The van der Waals surface area contributed by atoms with E-state index in [1.807, 2.05) is 51.1 Å². The Balaban J connectivity index is 2.61. The molecule has 3 N–H and O–H groups in total. The zero-order valence-corrected chi connectivity index (χ0v) is 14.3. The molecule has 1 atom stereocenters. The number of alkyl carbamates (subject to hydrolysis) is 1. The van der Waals surface area contributed by atoms with Crippen molar-refractivity contribution in [2.45, 2.75) is 39.2 Å². The van der Waals surface area contributed by atoms with Crippen LogP contribution in [0.2, 0.25) is 0 Å². The molecule has 1 aromatic carbocycles. The van der Waals surface area contributed by atoms with E-state index in [1.54, 1.807) is 0 Å². The third kappa shape index (κ3) is 8.57. The fraction of sp³-hybridized carbons (Fsp3) is 0.611. The molecule has 0 bridgehead atoms. The van der Waals surface area contributed by atoms with Crippen LogP contribution in [-0.4, -0.2) is 41.7 Å². The molecule has 0 aliphatic heterocycles. The number of hydrogen-bond acceptors (Lipinski definition) is 4. The van der Waals surface area contributed by atoms with Gasteiger partial charge in [0.25, 0.3) is 0 Å². The molecule has 1 amide bonds. The lowest BCUT2D eigenvalue weighted by Gasteiger charge is -2.24. The van der Waals surface area contributed by atoms with Crippen LogP contribution in [0.1, 0.15) is 32.8 Å². The minimum absolute atomic E-state index is 0.0613. The van der Waals surface area contributed by atoms with Crippen molar-refractivity contribution in [2.24, 2.45) is 11.8 Å². The van der Waals surface area contributed by atoms with Gasteiger partial charge in [0.15, 0.2) is 0 Å². The van der Waals surface area contributed by atoms with Crippen LogP contribution in [0, 0.1) is 11.8 Å². The molecule has 0 aliphatic carbocycles. The Labute approximate surface area is 138 Å². The number of benzene rings is 1. The molecule has 130 valence electrons. The van der Waals surface area contributed by atoms with Gasteiger partial charge < -0.3 is 20.3 Å². The molecule has 1 aromatic rings. The molecule has 5 heteroatoms. The van der Waals surface area contributed by atoms with Gasteiger partial charge in [0, 0.05) is 25.7 Å². The van der Waals surface area contributed by atoms with Crippen LogP contribution in [0.25, 0.3) is 0 Å². The van der Waals surface area contributed by atoms with E-state index in [1.165, 1.54) is 0 Å². The molecule has 0 spiro atoms. The first-order valence-electron chi connectivity index (χ1n) is 8.06. The molecule has 0 fully saturated rings. The van der Waals surface area contributed by atoms with Gasteiger partial charge in [-0.05, 0) is 45.1 Å². The Kier molecular flexibility index (Phi) is 8.06. The first-order chi connectivity index (χ1) is 10.8. The summed E-state index contributed by atoms with van der Waals surface area (Å²) in [5.74, 6) is -0.0571. The van der Waals surface area contributed by atoms with Crippen molar-refractivity contribution in [3.05, 3.63) is 35.9 Å². The van der Waals surface area contributed by atoms with Gasteiger partial charge in [0.1, 0.15) is 5.60 Å². The fourth-order valence-electron chi connectivity index (χ4n) is 2.41. The number of carbonyl (C=O) groups excluding carboxylic acids is 1. The predicted octanol–water partition coefficient (Wildman–Crippen LogP) is 2.36. The maximum Gasteiger partial charge on any atom is 0.407 e. The molecule has 5 nitrogen and oxygen atoms in total. The fourth-order valence-corrected chi connectivity index (χ4v) is 2.41. The lowest BCUT2D eigenvalue weighted by Crippen LogP contribution is -2.36. The SMILES string of the molecule is CC(C)(C)OC(=O)NC[C@H](Cc1ccccc1)CC(CO)CO. The number of amides is 1. The highest BCUT2D eigenvalue weighted by Gasteiger charge is 2.20. The third-order valence-electron chi connectivity index (χ3n) is 3.48. The van der Waals surface area contributed by atoms with Crippen LogP contribution >= 0.6 is 0 Å². The molecule has 0 radical (unpaired) electrons. The smallest absolute Gasteiger partial charge is 0.407 e. The van der Waals surface area contributed by atoms with Crippen molar-refractivity contribution in [3.8, 4) is 0 Å². The van der Waals surface area contributed by atoms with E-state index in [9.17, 15) is 15.0 Å². The number of rotatable bonds is 8. The van der Waals surface area contributed by atoms with Gasteiger partial charge in [0.05, 0.1) is 0 Å². The van der Waals surface area contributed by atoms with E-state index < -0.39 is 11.7 Å². The minimum Gasteiger partial charge on any atom is -0.444 e. The van der Waals surface area contributed by atoms with Crippen molar-refractivity contribution in [1.29, 1.82) is 0 Å². The molecular formula is C18H29NO4. The highest BCUT2D eigenvalue weighted by atomic mass is 16.6. The second-order valence-electron chi connectivity index (χ2n) is 6.91. The minimum atomic E-state index is -0.530. The number of ether oxygens (including phenoxy) is 1. The maximum absolute atomic E-state index is 11.8. The topological polar surface area (TPSA) is 78.8 Å². The first-order valence-corrected chi connectivity index (χ1v) is 8.06. The highest BCUT2D eigenvalue weighted by Crippen LogP contribution is 2.17. The Morgan fingerprint density at radius 1 is 1.13 bits per heavy atom. The number of aliphatic hydroxyl groups is 2. The molecule has 0 saturated carbocycles. The van der Waals surface area contributed by atoms with Crippen LogP contribution in [0.15, 0.2) is 30.3 Å². The van der Waals surface area contributed by atoms with Gasteiger partial charge >= 0.3 is 6.09 Å². The van der Waals surface area contributed by atoms with Gasteiger partial charge in [-0.2, -0.15) is 0 Å². The van der Waals surface area contributed by atoms with E-state index >= 15 is 0 Å². The Morgan fingerprint density at radius 2 is 1.74 bits per heavy atom. The molecule has 0 aliphatic rings. The normalized spacial score (nSPS) is 13.0. The van der Waals surface area contributed by atoms with Gasteiger partial charge in [-0.25, -0.2) is 4.79 Å². The van der Waals surface area contributed by atoms with E-state index in [2.05, 4.69) is 5.32 Å². The molecule has 0 heterocycles. The van der Waals surface area contributed by atoms with E-state index in [-0.39, 0.29) is 25.0 Å². The van der Waals surface area contributed by atoms with Crippen molar-refractivity contribution >= 4 is 6.09 Å². The molecule has 0 unspecified atom stereocenters. The Hall–Kier alpha value is -1.59. The van der Waals surface area contributed by atoms with Crippen LogP contribution in [0.5, 0.6) is 0 Å². The Morgan fingerprint density at radius 3 is 2.26 bits per heavy atom. The van der Waals surface area contributed by atoms with Gasteiger partial charge in [0.2, 0.25) is 0 Å². The Bertz CT molecular complexity index is 452. The summed E-state index contributed by atoms with van der Waals surface area (Å²) >= 11 is 0. The van der Waals surface area contributed by atoms with Crippen molar-refractivity contribution in [2.75, 3.05) is 19.8 Å². The van der Waals surface area contributed by atoms with E-state index in [4.69, 9.17) is 4.74 Å². The van der Waals surface area contributed by atoms with Crippen molar-refractivity contribution in [3.63, 3.8) is 0 Å². The molecule has 1 rings (SSSR count). The standard InChI is InChI=1S/C18H29NO4/c1-18(2,3)23-17(22)19-11-15(10-16(12-20)13-21)9-14-7-5-4-6-8-14/h4-8,15-16,20-21H,9-13H2,1-3H3,(H,19,22)/t15-/m1/s1. The van der Waals surface area contributed by atoms with Crippen molar-refractivity contribution in [1.82, 2.24) is 5.32 Å². The summed E-state index contributed by atoms with van der Waals surface area (Å²) in [6.07, 6.45) is 0.963. The lowest BCUT2D eigenvalue weighted by atomic mass is 9.90. The van der Waals surface area contributed by atoms with Gasteiger partial charge in [-0.3, -0.25) is 0 Å². The summed E-state index contributed by atoms with van der Waals surface area (Å²) < 4.78 is 5.25. The summed E-state index contributed by atoms with van der Waals surface area (Å²) in [6, 6.07) is 9.98. The molecular weight excluding hydrogens is 294 g/mol. The monoisotopic (exact) mass is 323 g/mol. The molecule has 0 saturated heterocycles. The van der Waals surface area contributed by atoms with Crippen molar-refractivity contribution < 1.29 is 19.7 Å². The second kappa shape index (κ2) is 9.53. The third-order valence-corrected chi connectivity index (χ3v) is 3.48. The van der Waals surface area contributed by atoms with E-state index in [0.717, 1.165) is 12.0 Å². The van der Waals surface area contributed by atoms with Crippen LogP contribution < -0.4 is 5.32 Å². The maximum atomic E-state index is 11.8. The summed E-state index contributed by atoms with van der Waals surface area (Å²) in [5.41, 5.74) is 0.635. The molecule has 23 heavy (non-hydrogen) atoms. The van der Waals surface area contributed by atoms with Gasteiger partial charge in [-0.1, -0.05) is 30.3 Å². The summed E-state index contributed by atoms with van der Waals surface area (Å²) in [6.45, 7) is 5.79. The number of nitrogens with one attached hydrogen (secondary N) is 1. The van der Waals surface area contributed by atoms with Crippen LogP contribution in [0.3, 0.4) is 0 Å². The zero-order chi connectivity index (χ0) is 17.3. The summed E-state index contributed by atoms with van der Waals surface area (Å²) in [7, 11) is 0. The largest absolute Gasteiger partial charge is 0.444 e.